The van der Waals surface area contributed by atoms with Crippen molar-refractivity contribution in [3.63, 3.8) is 0 Å². The van der Waals surface area contributed by atoms with E-state index in [9.17, 15) is 9.59 Å². The molecule has 1 aliphatic heterocycles. The molecule has 1 unspecified atom stereocenters. The minimum Gasteiger partial charge on any atom is -0.466 e. The van der Waals surface area contributed by atoms with Crippen molar-refractivity contribution in [1.29, 1.82) is 0 Å². The maximum Gasteiger partial charge on any atom is 0.314 e. The zero-order valence-corrected chi connectivity index (χ0v) is 18.1. The second kappa shape index (κ2) is 9.35. The maximum atomic E-state index is 13.1. The van der Waals surface area contributed by atoms with Crippen LogP contribution in [0.4, 0.5) is 0 Å². The molecule has 1 saturated heterocycles. The Morgan fingerprint density at radius 2 is 2.03 bits per heavy atom. The van der Waals surface area contributed by atoms with Gasteiger partial charge < -0.3 is 9.64 Å². The number of thiazole rings is 1. The molecule has 0 saturated carbocycles. The third-order valence-electron chi connectivity index (χ3n) is 5.29. The molecule has 29 heavy (non-hydrogen) atoms. The number of benzene rings is 1. The van der Waals surface area contributed by atoms with Crippen LogP contribution in [0.5, 0.6) is 0 Å². The molecule has 1 aliphatic rings. The van der Waals surface area contributed by atoms with Crippen molar-refractivity contribution in [3.8, 4) is 0 Å². The molecule has 2 heterocycles. The Labute approximate surface area is 176 Å². The zero-order valence-electron chi connectivity index (χ0n) is 17.3. The maximum absolute atomic E-state index is 13.1. The summed E-state index contributed by atoms with van der Waals surface area (Å²) >= 11 is 1.42. The lowest BCUT2D eigenvalue weighted by Crippen LogP contribution is -2.50. The van der Waals surface area contributed by atoms with Gasteiger partial charge in [-0.25, -0.2) is 4.98 Å². The number of piperidine rings is 1. The number of aryl methyl sites for hydroxylation is 2. The van der Waals surface area contributed by atoms with E-state index in [1.54, 1.807) is 4.90 Å². The fraction of sp³-hybridized carbons (Fsp3) is 0.435. The average molecular weight is 413 g/mol. The van der Waals surface area contributed by atoms with E-state index in [1.165, 1.54) is 11.3 Å². The number of likely N-dealkylation sites (tertiary alicyclic amines) is 1. The van der Waals surface area contributed by atoms with E-state index in [0.29, 0.717) is 31.0 Å². The van der Waals surface area contributed by atoms with Crippen LogP contribution >= 0.6 is 11.3 Å². The third-order valence-corrected chi connectivity index (χ3v) is 6.35. The highest BCUT2D eigenvalue weighted by atomic mass is 32.1. The van der Waals surface area contributed by atoms with Gasteiger partial charge >= 0.3 is 5.97 Å². The van der Waals surface area contributed by atoms with Crippen molar-refractivity contribution in [3.05, 3.63) is 57.6 Å². The Bertz CT molecular complexity index is 891. The largest absolute Gasteiger partial charge is 0.466 e. The summed E-state index contributed by atoms with van der Waals surface area (Å²) in [5.41, 5.74) is 1.14. The van der Waals surface area contributed by atoms with E-state index in [2.05, 4.69) is 4.98 Å². The van der Waals surface area contributed by atoms with Crippen LogP contribution in [-0.4, -0.2) is 41.5 Å². The zero-order chi connectivity index (χ0) is 20.9. The van der Waals surface area contributed by atoms with Gasteiger partial charge in [-0.05, 0) is 45.6 Å². The first-order valence-electron chi connectivity index (χ1n) is 10.1. The lowest BCUT2D eigenvalue weighted by atomic mass is 9.76. The summed E-state index contributed by atoms with van der Waals surface area (Å²) < 4.78 is 5.43. The van der Waals surface area contributed by atoms with Crippen molar-refractivity contribution in [2.45, 2.75) is 40.0 Å². The summed E-state index contributed by atoms with van der Waals surface area (Å²) in [6.07, 6.45) is 6.10. The number of esters is 1. The molecule has 1 aromatic heterocycles. The summed E-state index contributed by atoms with van der Waals surface area (Å²) in [7, 11) is 0. The van der Waals surface area contributed by atoms with Gasteiger partial charge in [0.25, 0.3) is 5.91 Å². The number of allylic oxidation sites excluding steroid dienone is 1. The van der Waals surface area contributed by atoms with Crippen LogP contribution in [0.1, 0.15) is 52.1 Å². The van der Waals surface area contributed by atoms with Crippen LogP contribution in [0, 0.1) is 19.3 Å². The monoisotopic (exact) mass is 412 g/mol. The van der Waals surface area contributed by atoms with Crippen molar-refractivity contribution in [2.75, 3.05) is 19.7 Å². The van der Waals surface area contributed by atoms with Crippen molar-refractivity contribution in [2.24, 2.45) is 5.41 Å². The molecule has 0 bridgehead atoms. The minimum atomic E-state index is -0.706. The summed E-state index contributed by atoms with van der Waals surface area (Å²) in [4.78, 5) is 32.9. The lowest BCUT2D eigenvalue weighted by Gasteiger charge is -2.40. The highest BCUT2D eigenvalue weighted by Crippen LogP contribution is 2.37. The number of nitrogens with zero attached hydrogens (tertiary/aromatic N) is 2. The average Bonchev–Trinajstić information content (AvgIpc) is 3.06. The van der Waals surface area contributed by atoms with Gasteiger partial charge in [-0.3, -0.25) is 9.59 Å². The van der Waals surface area contributed by atoms with Crippen LogP contribution in [0.25, 0.3) is 6.08 Å². The Balaban J connectivity index is 1.81. The second-order valence-corrected chi connectivity index (χ2v) is 8.70. The molecule has 2 aromatic rings. The number of carbonyl (C=O) groups excluding carboxylic acids is 2. The molecule has 6 heteroatoms. The van der Waals surface area contributed by atoms with Crippen molar-refractivity contribution >= 4 is 29.3 Å². The third kappa shape index (κ3) is 4.93. The molecule has 0 aliphatic carbocycles. The first-order valence-corrected chi connectivity index (χ1v) is 10.9. The molecule has 1 atom stereocenters. The molecule has 3 rings (SSSR count). The minimum absolute atomic E-state index is 0.0338. The molecule has 0 spiro atoms. The topological polar surface area (TPSA) is 59.5 Å². The molecule has 1 aromatic carbocycles. The SMILES string of the molecule is CCOC(=O)C1(C/C=C/c2ccccc2)CCCN(C(=O)c2sc(C)nc2C)C1. The number of hydrogen-bond donors (Lipinski definition) is 0. The first kappa shape index (κ1) is 21.2. The van der Waals surface area contributed by atoms with Gasteiger partial charge in [0.05, 0.1) is 22.7 Å². The molecular formula is C23H28N2O3S. The first-order chi connectivity index (χ1) is 13.9. The number of carbonyl (C=O) groups is 2. The van der Waals surface area contributed by atoms with E-state index >= 15 is 0 Å². The van der Waals surface area contributed by atoms with Crippen LogP contribution < -0.4 is 0 Å². The van der Waals surface area contributed by atoms with Gasteiger partial charge in [-0.1, -0.05) is 42.5 Å². The van der Waals surface area contributed by atoms with E-state index in [-0.39, 0.29) is 11.9 Å². The molecule has 1 amide bonds. The fourth-order valence-electron chi connectivity index (χ4n) is 3.86. The fourth-order valence-corrected chi connectivity index (χ4v) is 4.75. The highest BCUT2D eigenvalue weighted by Gasteiger charge is 2.44. The summed E-state index contributed by atoms with van der Waals surface area (Å²) in [5.74, 6) is -0.249. The quantitative estimate of drug-likeness (QED) is 0.648. The number of aromatic nitrogens is 1. The smallest absolute Gasteiger partial charge is 0.314 e. The van der Waals surface area contributed by atoms with Gasteiger partial charge in [0, 0.05) is 13.1 Å². The standard InChI is InChI=1S/C23H28N2O3S/c1-4-28-22(27)23(13-8-12-19-10-6-5-7-11-19)14-9-15-25(16-23)21(26)20-17(2)24-18(3)29-20/h5-8,10-12H,4,9,13-16H2,1-3H3/b12-8+. The molecule has 1 fully saturated rings. The lowest BCUT2D eigenvalue weighted by molar-refractivity contribution is -0.158. The summed E-state index contributed by atoms with van der Waals surface area (Å²) in [6.45, 7) is 6.95. The van der Waals surface area contributed by atoms with Crippen LogP contribution in [0.3, 0.4) is 0 Å². The number of amides is 1. The molecule has 154 valence electrons. The Morgan fingerprint density at radius 3 is 2.69 bits per heavy atom. The number of hydrogen-bond acceptors (Lipinski definition) is 5. The van der Waals surface area contributed by atoms with Gasteiger partial charge in [0.2, 0.25) is 0 Å². The van der Waals surface area contributed by atoms with Gasteiger partial charge in [0.1, 0.15) is 4.88 Å². The molecule has 0 N–H and O–H groups in total. The van der Waals surface area contributed by atoms with E-state index in [4.69, 9.17) is 4.74 Å². The Kier molecular flexibility index (Phi) is 6.85. The predicted octanol–water partition coefficient (Wildman–Crippen LogP) is 4.65. The van der Waals surface area contributed by atoms with Gasteiger partial charge in [-0.2, -0.15) is 0 Å². The second-order valence-electron chi connectivity index (χ2n) is 7.50. The van der Waals surface area contributed by atoms with E-state index < -0.39 is 5.41 Å². The molecule has 0 radical (unpaired) electrons. The van der Waals surface area contributed by atoms with Crippen LogP contribution in [0.15, 0.2) is 36.4 Å². The van der Waals surface area contributed by atoms with Gasteiger partial charge in [-0.15, -0.1) is 11.3 Å². The summed E-state index contributed by atoms with van der Waals surface area (Å²) in [6, 6.07) is 10.0. The van der Waals surface area contributed by atoms with Crippen LogP contribution in [0.2, 0.25) is 0 Å². The van der Waals surface area contributed by atoms with Crippen molar-refractivity contribution < 1.29 is 14.3 Å². The van der Waals surface area contributed by atoms with Crippen molar-refractivity contribution in [1.82, 2.24) is 9.88 Å². The summed E-state index contributed by atoms with van der Waals surface area (Å²) in [5, 5.41) is 0.880. The Hall–Kier alpha value is -2.47. The highest BCUT2D eigenvalue weighted by molar-refractivity contribution is 7.13. The molecule has 5 nitrogen and oxygen atoms in total. The van der Waals surface area contributed by atoms with Crippen LogP contribution in [-0.2, 0) is 9.53 Å². The molecular weight excluding hydrogens is 384 g/mol. The van der Waals surface area contributed by atoms with E-state index in [1.807, 2.05) is 63.3 Å². The Morgan fingerprint density at radius 1 is 1.28 bits per heavy atom. The van der Waals surface area contributed by atoms with Gasteiger partial charge in [0.15, 0.2) is 0 Å². The predicted molar refractivity (Wildman–Crippen MR) is 116 cm³/mol. The normalized spacial score (nSPS) is 19.5. The number of rotatable bonds is 6. The number of ether oxygens (including phenoxy) is 1. The van der Waals surface area contributed by atoms with E-state index in [0.717, 1.165) is 29.1 Å².